The van der Waals surface area contributed by atoms with Crippen molar-refractivity contribution in [2.75, 3.05) is 6.54 Å². The van der Waals surface area contributed by atoms with E-state index in [0.717, 1.165) is 11.3 Å². The van der Waals surface area contributed by atoms with Crippen molar-refractivity contribution in [2.24, 2.45) is 0 Å². The molecule has 0 aliphatic rings. The number of urea groups is 1. The number of hydrogen-bond acceptors (Lipinski definition) is 3. The Morgan fingerprint density at radius 2 is 1.83 bits per heavy atom. The molecule has 2 aromatic rings. The van der Waals surface area contributed by atoms with Crippen LogP contribution in [0.15, 0.2) is 53.1 Å². The van der Waals surface area contributed by atoms with Crippen LogP contribution in [0.25, 0.3) is 0 Å². The lowest BCUT2D eigenvalue weighted by atomic mass is 10.0. The molecule has 0 aliphatic heterocycles. The molecule has 1 heterocycles. The van der Waals surface area contributed by atoms with Gasteiger partial charge in [0.05, 0.1) is 6.26 Å². The molecule has 6 nitrogen and oxygen atoms in total. The van der Waals surface area contributed by atoms with E-state index >= 15 is 0 Å². The van der Waals surface area contributed by atoms with E-state index in [4.69, 9.17) is 4.42 Å². The van der Waals surface area contributed by atoms with Crippen molar-refractivity contribution in [1.29, 1.82) is 0 Å². The van der Waals surface area contributed by atoms with Gasteiger partial charge in [-0.25, -0.2) is 4.79 Å². The van der Waals surface area contributed by atoms with Crippen molar-refractivity contribution in [3.63, 3.8) is 0 Å². The molecule has 4 N–H and O–H groups in total. The first-order valence-electron chi connectivity index (χ1n) is 7.89. The molecule has 0 saturated carbocycles. The number of hydrogen-bond donors (Lipinski definition) is 3. The van der Waals surface area contributed by atoms with E-state index in [1.807, 2.05) is 68.6 Å². The summed E-state index contributed by atoms with van der Waals surface area (Å²) >= 11 is 0. The number of imide groups is 1. The average molecular weight is 330 g/mol. The van der Waals surface area contributed by atoms with E-state index in [1.54, 1.807) is 6.26 Å². The normalized spacial score (nSPS) is 12.5. The maximum atomic E-state index is 12.0. The summed E-state index contributed by atoms with van der Waals surface area (Å²) in [6.45, 7) is 5.67. The van der Waals surface area contributed by atoms with Crippen LogP contribution < -0.4 is 16.0 Å². The highest BCUT2D eigenvalue weighted by Crippen LogP contribution is 2.18. The van der Waals surface area contributed by atoms with Gasteiger partial charge in [-0.15, -0.1) is 0 Å². The quantitative estimate of drug-likeness (QED) is 0.777. The lowest BCUT2D eigenvalue weighted by Crippen LogP contribution is -2.88. The minimum Gasteiger partial charge on any atom is -0.463 e. The Morgan fingerprint density at radius 1 is 1.12 bits per heavy atom. The van der Waals surface area contributed by atoms with Crippen LogP contribution in [-0.2, 0) is 4.79 Å². The van der Waals surface area contributed by atoms with E-state index in [0.29, 0.717) is 0 Å². The molecule has 0 spiro atoms. The number of amides is 3. The highest BCUT2D eigenvalue weighted by Gasteiger charge is 2.22. The Balaban J connectivity index is 1.96. The topological polar surface area (TPSA) is 88.0 Å². The third-order valence-electron chi connectivity index (χ3n) is 3.29. The maximum Gasteiger partial charge on any atom is 0.322 e. The summed E-state index contributed by atoms with van der Waals surface area (Å²) in [5, 5.41) is 6.87. The van der Waals surface area contributed by atoms with Crippen molar-refractivity contribution in [3.8, 4) is 0 Å². The minimum atomic E-state index is -0.491. The number of nitrogens with one attached hydrogen (secondary N) is 2. The molecule has 6 heteroatoms. The van der Waals surface area contributed by atoms with Gasteiger partial charge < -0.3 is 15.1 Å². The number of nitrogens with two attached hydrogens (primary N) is 1. The summed E-state index contributed by atoms with van der Waals surface area (Å²) in [5.41, 5.74) is 0.633. The van der Waals surface area contributed by atoms with Crippen LogP contribution in [0.1, 0.15) is 38.1 Å². The Kier molecular flexibility index (Phi) is 5.76. The van der Waals surface area contributed by atoms with Crippen LogP contribution >= 0.6 is 0 Å². The van der Waals surface area contributed by atoms with Gasteiger partial charge >= 0.3 is 6.03 Å². The number of quaternary nitrogens is 1. The first kappa shape index (κ1) is 17.7. The van der Waals surface area contributed by atoms with Gasteiger partial charge in [-0.05, 0) is 32.9 Å². The van der Waals surface area contributed by atoms with Gasteiger partial charge in [0.2, 0.25) is 0 Å². The van der Waals surface area contributed by atoms with Gasteiger partial charge in [0.15, 0.2) is 18.3 Å². The third kappa shape index (κ3) is 5.55. The standard InChI is InChI=1S/C18H23N3O3/c1-18(2,3)21-17(23)20-15(22)12-19-16(14-10-7-11-24-14)13-8-5-4-6-9-13/h4-11,16,19H,12H2,1-3H3,(H2,20,21,22,23)/p+1/t16-/m0/s1. The van der Waals surface area contributed by atoms with Crippen molar-refractivity contribution in [3.05, 3.63) is 60.1 Å². The number of furan rings is 1. The first-order chi connectivity index (χ1) is 11.3. The largest absolute Gasteiger partial charge is 0.463 e. The second kappa shape index (κ2) is 7.79. The number of benzene rings is 1. The van der Waals surface area contributed by atoms with Crippen molar-refractivity contribution in [1.82, 2.24) is 10.6 Å². The van der Waals surface area contributed by atoms with Crippen LogP contribution in [0, 0.1) is 0 Å². The fourth-order valence-electron chi connectivity index (χ4n) is 2.32. The molecule has 0 fully saturated rings. The summed E-state index contributed by atoms with van der Waals surface area (Å²) in [7, 11) is 0. The van der Waals surface area contributed by atoms with Crippen molar-refractivity contribution >= 4 is 11.9 Å². The van der Waals surface area contributed by atoms with E-state index in [1.165, 1.54) is 0 Å². The Labute approximate surface area is 141 Å². The van der Waals surface area contributed by atoms with Crippen LogP contribution in [0.3, 0.4) is 0 Å². The van der Waals surface area contributed by atoms with E-state index in [2.05, 4.69) is 10.6 Å². The van der Waals surface area contributed by atoms with E-state index in [9.17, 15) is 9.59 Å². The lowest BCUT2D eigenvalue weighted by Gasteiger charge is -2.20. The molecule has 0 bridgehead atoms. The molecular weight excluding hydrogens is 306 g/mol. The first-order valence-corrected chi connectivity index (χ1v) is 7.89. The van der Waals surface area contributed by atoms with Crippen LogP contribution in [0.4, 0.5) is 4.79 Å². The van der Waals surface area contributed by atoms with E-state index in [-0.39, 0.29) is 18.5 Å². The molecule has 0 saturated heterocycles. The summed E-state index contributed by atoms with van der Waals surface area (Å²) in [4.78, 5) is 23.7. The molecule has 1 atom stereocenters. The Bertz CT molecular complexity index is 661. The smallest absolute Gasteiger partial charge is 0.322 e. The van der Waals surface area contributed by atoms with Crippen LogP contribution in [-0.4, -0.2) is 24.0 Å². The van der Waals surface area contributed by atoms with Crippen molar-refractivity contribution in [2.45, 2.75) is 32.4 Å². The highest BCUT2D eigenvalue weighted by atomic mass is 16.3. The number of carbonyl (C=O) groups excluding carboxylic acids is 2. The van der Waals surface area contributed by atoms with E-state index < -0.39 is 11.6 Å². The summed E-state index contributed by atoms with van der Waals surface area (Å²) < 4.78 is 5.49. The van der Waals surface area contributed by atoms with Crippen LogP contribution in [0.2, 0.25) is 0 Å². The molecule has 24 heavy (non-hydrogen) atoms. The van der Waals surface area contributed by atoms with Gasteiger partial charge in [0, 0.05) is 11.1 Å². The molecule has 1 aromatic carbocycles. The van der Waals surface area contributed by atoms with Gasteiger partial charge in [-0.1, -0.05) is 30.3 Å². The summed E-state index contributed by atoms with van der Waals surface area (Å²) in [5.74, 6) is 0.400. The lowest BCUT2D eigenvalue weighted by molar-refractivity contribution is -0.678. The van der Waals surface area contributed by atoms with Crippen LogP contribution in [0.5, 0.6) is 0 Å². The second-order valence-corrected chi connectivity index (χ2v) is 6.60. The molecule has 2 rings (SSSR count). The zero-order valence-corrected chi connectivity index (χ0v) is 14.2. The fraction of sp³-hybridized carbons (Fsp3) is 0.333. The zero-order valence-electron chi connectivity index (χ0n) is 14.2. The minimum absolute atomic E-state index is 0.109. The van der Waals surface area contributed by atoms with Gasteiger partial charge in [0.25, 0.3) is 5.91 Å². The fourth-order valence-corrected chi connectivity index (χ4v) is 2.32. The monoisotopic (exact) mass is 330 g/mol. The predicted molar refractivity (Wildman–Crippen MR) is 90.2 cm³/mol. The summed E-state index contributed by atoms with van der Waals surface area (Å²) in [6, 6.07) is 12.8. The van der Waals surface area contributed by atoms with Gasteiger partial charge in [-0.3, -0.25) is 10.1 Å². The molecule has 128 valence electrons. The molecule has 0 radical (unpaired) electrons. The zero-order chi connectivity index (χ0) is 17.6. The van der Waals surface area contributed by atoms with Crippen molar-refractivity contribution < 1.29 is 19.3 Å². The number of carbonyl (C=O) groups is 2. The molecule has 0 unspecified atom stereocenters. The molecular formula is C18H24N3O3+. The van der Waals surface area contributed by atoms with Gasteiger partial charge in [0.1, 0.15) is 0 Å². The Hall–Kier alpha value is -2.60. The number of rotatable bonds is 5. The average Bonchev–Trinajstić information content (AvgIpc) is 3.00. The predicted octanol–water partition coefficient (Wildman–Crippen LogP) is 1.56. The SMILES string of the molecule is CC(C)(C)NC(=O)NC(=O)C[NH2+][C@@H](c1ccccc1)c1ccco1. The Morgan fingerprint density at radius 3 is 2.42 bits per heavy atom. The summed E-state index contributed by atoms with van der Waals surface area (Å²) in [6.07, 6.45) is 1.61. The van der Waals surface area contributed by atoms with Gasteiger partial charge in [-0.2, -0.15) is 0 Å². The maximum absolute atomic E-state index is 12.0. The molecule has 0 aliphatic carbocycles. The second-order valence-electron chi connectivity index (χ2n) is 6.60. The molecule has 1 aromatic heterocycles. The molecule has 3 amide bonds. The highest BCUT2D eigenvalue weighted by molar-refractivity contribution is 5.94. The third-order valence-corrected chi connectivity index (χ3v) is 3.29.